The van der Waals surface area contributed by atoms with E-state index in [1.54, 1.807) is 11.3 Å². The highest BCUT2D eigenvalue weighted by Crippen LogP contribution is 2.20. The number of aliphatic imine (C=N–C) groups is 1. The Morgan fingerprint density at radius 3 is 2.59 bits per heavy atom. The van der Waals surface area contributed by atoms with Crippen LogP contribution in [0.15, 0.2) is 46.8 Å². The Hall–Kier alpha value is -1.81. The molecule has 1 aromatic heterocycles. The maximum atomic E-state index is 4.33. The number of guanidine groups is 1. The summed E-state index contributed by atoms with van der Waals surface area (Å²) in [4.78, 5) is 5.73. The molecule has 2 atom stereocenters. The van der Waals surface area contributed by atoms with Crippen molar-refractivity contribution >= 4 is 17.3 Å². The van der Waals surface area contributed by atoms with Crippen molar-refractivity contribution < 1.29 is 0 Å². The molecule has 2 aromatic rings. The van der Waals surface area contributed by atoms with Gasteiger partial charge in [-0.05, 0) is 36.4 Å². The summed E-state index contributed by atoms with van der Waals surface area (Å²) >= 11 is 1.80. The summed E-state index contributed by atoms with van der Waals surface area (Å²) in [5.41, 5.74) is 2.60. The molecule has 0 fully saturated rings. The van der Waals surface area contributed by atoms with Gasteiger partial charge >= 0.3 is 0 Å². The Kier molecular flexibility index (Phi) is 6.01. The Labute approximate surface area is 137 Å². The maximum Gasteiger partial charge on any atom is 0.191 e. The third kappa shape index (κ3) is 4.34. The second-order valence-electron chi connectivity index (χ2n) is 5.59. The number of thiophene rings is 1. The normalized spacial score (nSPS) is 14.5. The molecule has 0 saturated heterocycles. The summed E-state index contributed by atoms with van der Waals surface area (Å²) in [7, 11) is 1.82. The first kappa shape index (κ1) is 16.6. The highest BCUT2D eigenvalue weighted by atomic mass is 32.1. The van der Waals surface area contributed by atoms with Crippen LogP contribution in [0.3, 0.4) is 0 Å². The average Bonchev–Trinajstić information content (AvgIpc) is 3.05. The van der Waals surface area contributed by atoms with E-state index in [2.05, 4.69) is 78.2 Å². The lowest BCUT2D eigenvalue weighted by molar-refractivity contribution is 0.659. The van der Waals surface area contributed by atoms with Crippen molar-refractivity contribution in [2.75, 3.05) is 13.6 Å². The largest absolute Gasteiger partial charge is 0.356 e. The van der Waals surface area contributed by atoms with Gasteiger partial charge in [0.05, 0.1) is 6.04 Å². The van der Waals surface area contributed by atoms with E-state index in [0.717, 1.165) is 12.5 Å². The Morgan fingerprint density at radius 2 is 1.95 bits per heavy atom. The fourth-order valence-corrected chi connectivity index (χ4v) is 3.26. The fraction of sp³-hybridized carbons (Fsp3) is 0.389. The van der Waals surface area contributed by atoms with Gasteiger partial charge in [-0.3, -0.25) is 4.99 Å². The van der Waals surface area contributed by atoms with Gasteiger partial charge in [-0.1, -0.05) is 37.3 Å². The molecular weight excluding hydrogens is 290 g/mol. The number of nitrogens with zero attached hydrogens (tertiary/aromatic N) is 1. The molecule has 0 aliphatic carbocycles. The van der Waals surface area contributed by atoms with Crippen molar-refractivity contribution in [1.29, 1.82) is 0 Å². The van der Waals surface area contributed by atoms with Crippen molar-refractivity contribution in [3.05, 3.63) is 57.8 Å². The van der Waals surface area contributed by atoms with E-state index in [1.165, 1.54) is 16.0 Å². The summed E-state index contributed by atoms with van der Waals surface area (Å²) in [6.45, 7) is 7.41. The monoisotopic (exact) mass is 315 g/mol. The van der Waals surface area contributed by atoms with Gasteiger partial charge in [0, 0.05) is 24.4 Å². The van der Waals surface area contributed by atoms with Crippen LogP contribution in [-0.2, 0) is 0 Å². The first-order valence-electron chi connectivity index (χ1n) is 7.68. The number of nitrogens with one attached hydrogen (secondary N) is 2. The minimum atomic E-state index is 0.226. The van der Waals surface area contributed by atoms with Crippen molar-refractivity contribution in [3.8, 4) is 0 Å². The van der Waals surface area contributed by atoms with E-state index in [1.807, 2.05) is 7.05 Å². The zero-order valence-corrected chi connectivity index (χ0v) is 14.6. The molecule has 0 aliphatic heterocycles. The highest BCUT2D eigenvalue weighted by Gasteiger charge is 2.11. The molecule has 1 aromatic carbocycles. The third-order valence-corrected chi connectivity index (χ3v) is 4.94. The predicted molar refractivity (Wildman–Crippen MR) is 96.8 cm³/mol. The molecular formula is C18H25N3S. The van der Waals surface area contributed by atoms with Crippen molar-refractivity contribution in [3.63, 3.8) is 0 Å². The Balaban J connectivity index is 1.91. The van der Waals surface area contributed by atoms with Crippen LogP contribution in [0, 0.1) is 6.92 Å². The lowest BCUT2D eigenvalue weighted by Crippen LogP contribution is -2.40. The van der Waals surface area contributed by atoms with Gasteiger partial charge in [-0.25, -0.2) is 0 Å². The lowest BCUT2D eigenvalue weighted by atomic mass is 10.0. The SMILES string of the molecule is CN=C(NCC(C)c1cccs1)NC(C)c1ccccc1C. The van der Waals surface area contributed by atoms with Crippen LogP contribution >= 0.6 is 11.3 Å². The standard InChI is InChI=1S/C18H25N3S/c1-13-8-5-6-9-16(13)15(3)21-18(19-4)20-12-14(2)17-10-7-11-22-17/h5-11,14-15H,12H2,1-4H3,(H2,19,20,21). The molecule has 0 amide bonds. The van der Waals surface area contributed by atoms with Crippen molar-refractivity contribution in [2.24, 2.45) is 4.99 Å². The second-order valence-corrected chi connectivity index (χ2v) is 6.57. The van der Waals surface area contributed by atoms with Gasteiger partial charge in [0.15, 0.2) is 5.96 Å². The number of rotatable bonds is 5. The molecule has 0 spiro atoms. The topological polar surface area (TPSA) is 36.4 Å². The number of hydrogen-bond acceptors (Lipinski definition) is 2. The molecule has 2 N–H and O–H groups in total. The van der Waals surface area contributed by atoms with Crippen LogP contribution < -0.4 is 10.6 Å². The smallest absolute Gasteiger partial charge is 0.191 e. The van der Waals surface area contributed by atoms with Crippen LogP contribution in [0.25, 0.3) is 0 Å². The van der Waals surface area contributed by atoms with E-state index in [9.17, 15) is 0 Å². The van der Waals surface area contributed by atoms with Crippen LogP contribution in [0.2, 0.25) is 0 Å². The molecule has 0 saturated carbocycles. The Morgan fingerprint density at radius 1 is 1.18 bits per heavy atom. The quantitative estimate of drug-likeness (QED) is 0.644. The first-order valence-corrected chi connectivity index (χ1v) is 8.56. The molecule has 0 bridgehead atoms. The summed E-state index contributed by atoms with van der Waals surface area (Å²) in [5.74, 6) is 1.33. The van der Waals surface area contributed by atoms with Gasteiger partial charge < -0.3 is 10.6 Å². The molecule has 0 aliphatic rings. The third-order valence-electron chi connectivity index (χ3n) is 3.84. The van der Waals surface area contributed by atoms with Crippen LogP contribution in [0.1, 0.15) is 41.8 Å². The maximum absolute atomic E-state index is 4.33. The molecule has 118 valence electrons. The zero-order valence-electron chi connectivity index (χ0n) is 13.8. The first-order chi connectivity index (χ1) is 10.6. The molecule has 2 unspecified atom stereocenters. The van der Waals surface area contributed by atoms with Gasteiger partial charge in [0.2, 0.25) is 0 Å². The minimum absolute atomic E-state index is 0.226. The number of benzene rings is 1. The molecule has 4 heteroatoms. The Bertz CT molecular complexity index is 605. The van der Waals surface area contributed by atoms with Crippen LogP contribution in [0.5, 0.6) is 0 Å². The van der Waals surface area contributed by atoms with Crippen LogP contribution in [-0.4, -0.2) is 19.6 Å². The molecule has 3 nitrogen and oxygen atoms in total. The number of hydrogen-bond donors (Lipinski definition) is 2. The van der Waals surface area contributed by atoms with E-state index >= 15 is 0 Å². The van der Waals surface area contributed by atoms with E-state index in [-0.39, 0.29) is 6.04 Å². The van der Waals surface area contributed by atoms with E-state index in [4.69, 9.17) is 0 Å². The number of aryl methyl sites for hydroxylation is 1. The van der Waals surface area contributed by atoms with E-state index in [0.29, 0.717) is 5.92 Å². The highest BCUT2D eigenvalue weighted by molar-refractivity contribution is 7.10. The summed E-state index contributed by atoms with van der Waals surface area (Å²) < 4.78 is 0. The van der Waals surface area contributed by atoms with Gasteiger partial charge in [-0.15, -0.1) is 11.3 Å². The lowest BCUT2D eigenvalue weighted by Gasteiger charge is -2.21. The molecule has 2 rings (SSSR count). The van der Waals surface area contributed by atoms with Gasteiger partial charge in [-0.2, -0.15) is 0 Å². The second kappa shape index (κ2) is 7.99. The van der Waals surface area contributed by atoms with Crippen LogP contribution in [0.4, 0.5) is 0 Å². The molecule has 1 heterocycles. The minimum Gasteiger partial charge on any atom is -0.356 e. The molecule has 0 radical (unpaired) electrons. The van der Waals surface area contributed by atoms with Crippen molar-refractivity contribution in [1.82, 2.24) is 10.6 Å². The summed E-state index contributed by atoms with van der Waals surface area (Å²) in [6.07, 6.45) is 0. The fourth-order valence-electron chi connectivity index (χ4n) is 2.47. The zero-order chi connectivity index (χ0) is 15.9. The average molecular weight is 315 g/mol. The van der Waals surface area contributed by atoms with E-state index < -0.39 is 0 Å². The molecule has 22 heavy (non-hydrogen) atoms. The summed E-state index contributed by atoms with van der Waals surface area (Å²) in [5, 5.41) is 9.01. The van der Waals surface area contributed by atoms with Gasteiger partial charge in [0.25, 0.3) is 0 Å². The van der Waals surface area contributed by atoms with Gasteiger partial charge in [0.1, 0.15) is 0 Å². The predicted octanol–water partition coefficient (Wildman–Crippen LogP) is 4.09. The van der Waals surface area contributed by atoms with Crippen molar-refractivity contribution in [2.45, 2.75) is 32.7 Å². The summed E-state index contributed by atoms with van der Waals surface area (Å²) in [6, 6.07) is 13.0.